The second kappa shape index (κ2) is 9.16. The molecule has 0 saturated carbocycles. The van der Waals surface area contributed by atoms with Crippen LogP contribution in [-0.4, -0.2) is 64.4 Å². The second-order valence-corrected chi connectivity index (χ2v) is 14.0. The zero-order valence-corrected chi connectivity index (χ0v) is 21.5. The fourth-order valence-corrected chi connectivity index (χ4v) is 6.56. The van der Waals surface area contributed by atoms with Gasteiger partial charge in [0.25, 0.3) is 0 Å². The molecule has 1 fully saturated rings. The minimum atomic E-state index is -3.89. The molecule has 1 aromatic carbocycles. The Labute approximate surface area is 197 Å². The van der Waals surface area contributed by atoms with E-state index in [0.29, 0.717) is 51.0 Å². The van der Waals surface area contributed by atoms with E-state index in [1.165, 1.54) is 24.4 Å². The maximum atomic E-state index is 13.3. The number of amides is 1. The number of nitrogens with one attached hydrogen (secondary N) is 1. The number of carbonyl (C=O) groups excluding carboxylic acids is 1. The van der Waals surface area contributed by atoms with Gasteiger partial charge in [-0.05, 0) is 44.7 Å². The van der Waals surface area contributed by atoms with Gasteiger partial charge in [0.1, 0.15) is 10.9 Å². The summed E-state index contributed by atoms with van der Waals surface area (Å²) in [7, 11) is -7.30. The number of sulfonamides is 2. The number of likely N-dealkylation sites (tertiary alicyclic amines) is 1. The van der Waals surface area contributed by atoms with Crippen LogP contribution in [0.3, 0.4) is 0 Å². The molecule has 11 heteroatoms. The average molecular weight is 501 g/mol. The Morgan fingerprint density at radius 3 is 2.33 bits per heavy atom. The lowest BCUT2D eigenvalue weighted by Crippen LogP contribution is -2.57. The summed E-state index contributed by atoms with van der Waals surface area (Å²) >= 11 is 0. The summed E-state index contributed by atoms with van der Waals surface area (Å²) in [5.74, 6) is -0.252. The molecule has 3 N–H and O–H groups in total. The maximum absolute atomic E-state index is 13.3. The molecule has 1 spiro atoms. The van der Waals surface area contributed by atoms with Gasteiger partial charge >= 0.3 is 0 Å². The lowest BCUT2D eigenvalue weighted by atomic mass is 9.74. The fraction of sp³-hybridized carbons (Fsp3) is 0.682. The second-order valence-electron chi connectivity index (χ2n) is 9.81. The Kier molecular flexibility index (Phi) is 7.20. The van der Waals surface area contributed by atoms with Gasteiger partial charge in [0, 0.05) is 25.0 Å². The SMILES string of the molecule is CCCCC(NS(=O)(=O)C(C)(C)N)C(=O)N1CCC2(CC1)CN(S(C)(=O)=O)c1ccccc12. The van der Waals surface area contributed by atoms with Gasteiger partial charge in [0.2, 0.25) is 26.0 Å². The van der Waals surface area contributed by atoms with Crippen LogP contribution in [0.5, 0.6) is 0 Å². The third-order valence-corrected chi connectivity index (χ3v) is 9.86. The molecule has 1 saturated heterocycles. The number of piperidine rings is 1. The van der Waals surface area contributed by atoms with Crippen LogP contribution in [0, 0.1) is 0 Å². The first-order chi connectivity index (χ1) is 15.2. The van der Waals surface area contributed by atoms with Crippen LogP contribution < -0.4 is 14.8 Å². The predicted molar refractivity (Wildman–Crippen MR) is 130 cm³/mol. The number of nitrogens with zero attached hydrogens (tertiary/aromatic N) is 2. The predicted octanol–water partition coefficient (Wildman–Crippen LogP) is 1.50. The largest absolute Gasteiger partial charge is 0.341 e. The molecule has 0 aliphatic carbocycles. The fourth-order valence-electron chi connectivity index (χ4n) is 4.66. The van der Waals surface area contributed by atoms with E-state index < -0.39 is 31.0 Å². The van der Waals surface area contributed by atoms with Crippen LogP contribution in [0.25, 0.3) is 0 Å². The zero-order chi connectivity index (χ0) is 24.7. The van der Waals surface area contributed by atoms with Gasteiger partial charge in [-0.3, -0.25) is 9.10 Å². The lowest BCUT2D eigenvalue weighted by Gasteiger charge is -2.41. The Bertz CT molecular complexity index is 1090. The molecule has 3 rings (SSSR count). The van der Waals surface area contributed by atoms with Crippen molar-refractivity contribution >= 4 is 31.6 Å². The van der Waals surface area contributed by atoms with Crippen molar-refractivity contribution in [3.8, 4) is 0 Å². The van der Waals surface area contributed by atoms with Gasteiger partial charge in [-0.1, -0.05) is 38.0 Å². The van der Waals surface area contributed by atoms with Crippen molar-refractivity contribution in [1.82, 2.24) is 9.62 Å². The van der Waals surface area contributed by atoms with E-state index >= 15 is 0 Å². The molecule has 2 aliphatic heterocycles. The summed E-state index contributed by atoms with van der Waals surface area (Å²) < 4.78 is 54.0. The van der Waals surface area contributed by atoms with Crippen LogP contribution in [0.4, 0.5) is 5.69 Å². The molecule has 1 atom stereocenters. The van der Waals surface area contributed by atoms with E-state index in [9.17, 15) is 21.6 Å². The van der Waals surface area contributed by atoms with E-state index in [2.05, 4.69) is 4.72 Å². The zero-order valence-electron chi connectivity index (χ0n) is 19.9. The third-order valence-electron chi connectivity index (χ3n) is 6.76. The molecule has 2 aliphatic rings. The number of nitrogens with two attached hydrogens (primary N) is 1. The number of hydrogen-bond donors (Lipinski definition) is 2. The van der Waals surface area contributed by atoms with E-state index in [0.717, 1.165) is 12.0 Å². The van der Waals surface area contributed by atoms with Crippen molar-refractivity contribution in [2.45, 2.75) is 69.2 Å². The van der Waals surface area contributed by atoms with Crippen molar-refractivity contribution < 1.29 is 21.6 Å². The third kappa shape index (κ3) is 5.21. The van der Waals surface area contributed by atoms with Crippen LogP contribution in [0.2, 0.25) is 0 Å². The molecule has 33 heavy (non-hydrogen) atoms. The molecule has 2 heterocycles. The first-order valence-corrected chi connectivity index (χ1v) is 14.7. The molecule has 9 nitrogen and oxygen atoms in total. The van der Waals surface area contributed by atoms with E-state index in [-0.39, 0.29) is 11.3 Å². The molecule has 1 amide bonds. The summed E-state index contributed by atoms with van der Waals surface area (Å²) in [4.78, 5) is 13.5. The molecular formula is C22H36N4O5S2. The number of unbranched alkanes of at least 4 members (excludes halogenated alkanes) is 1. The van der Waals surface area contributed by atoms with Crippen molar-refractivity contribution in [3.63, 3.8) is 0 Å². The standard InChI is InChI=1S/C22H36N4O5S2/c1-5-6-10-18(24-33(30,31)21(2,3)23)20(27)25-14-12-22(13-15-25)16-26(32(4,28)29)19-11-8-7-9-17(19)22/h7-9,11,18,24H,5-6,10,12-16,23H2,1-4H3. The summed E-state index contributed by atoms with van der Waals surface area (Å²) in [6, 6.07) is 6.67. The number of rotatable bonds is 8. The van der Waals surface area contributed by atoms with E-state index in [1.807, 2.05) is 31.2 Å². The highest BCUT2D eigenvalue weighted by molar-refractivity contribution is 7.92. The highest BCUT2D eigenvalue weighted by atomic mass is 32.2. The number of carbonyl (C=O) groups is 1. The van der Waals surface area contributed by atoms with E-state index in [1.54, 1.807) is 4.90 Å². The molecule has 0 bridgehead atoms. The molecule has 1 unspecified atom stereocenters. The molecule has 0 radical (unpaired) electrons. The van der Waals surface area contributed by atoms with Crippen molar-refractivity contribution in [2.24, 2.45) is 5.73 Å². The highest BCUT2D eigenvalue weighted by Crippen LogP contribution is 2.47. The van der Waals surface area contributed by atoms with Gasteiger partial charge in [-0.2, -0.15) is 0 Å². The number of anilines is 1. The summed E-state index contributed by atoms with van der Waals surface area (Å²) in [5.41, 5.74) is 7.16. The number of hydrogen-bond acceptors (Lipinski definition) is 6. The Morgan fingerprint density at radius 1 is 1.18 bits per heavy atom. The Morgan fingerprint density at radius 2 is 1.79 bits per heavy atom. The minimum absolute atomic E-state index is 0.252. The van der Waals surface area contributed by atoms with Crippen LogP contribution in [0.15, 0.2) is 24.3 Å². The van der Waals surface area contributed by atoms with Gasteiger partial charge < -0.3 is 10.6 Å². The summed E-state index contributed by atoms with van der Waals surface area (Å²) in [6.07, 6.45) is 4.37. The molecule has 0 aromatic heterocycles. The van der Waals surface area contributed by atoms with E-state index in [4.69, 9.17) is 5.73 Å². The summed E-state index contributed by atoms with van der Waals surface area (Å²) in [6.45, 7) is 6.00. The monoisotopic (exact) mass is 500 g/mol. The first-order valence-electron chi connectivity index (χ1n) is 11.4. The number of para-hydroxylation sites is 1. The molecule has 186 valence electrons. The van der Waals surface area contributed by atoms with Crippen LogP contribution >= 0.6 is 0 Å². The van der Waals surface area contributed by atoms with Gasteiger partial charge in [0.05, 0.1) is 11.9 Å². The van der Waals surface area contributed by atoms with Crippen molar-refractivity contribution in [2.75, 3.05) is 30.2 Å². The Balaban J connectivity index is 1.78. The number of fused-ring (bicyclic) bond motifs is 2. The average Bonchev–Trinajstić information content (AvgIpc) is 3.05. The topological polar surface area (TPSA) is 130 Å². The van der Waals surface area contributed by atoms with Gasteiger partial charge in [-0.15, -0.1) is 0 Å². The van der Waals surface area contributed by atoms with Crippen molar-refractivity contribution in [1.29, 1.82) is 0 Å². The quantitative estimate of drug-likeness (QED) is 0.556. The molecule has 1 aromatic rings. The first kappa shape index (κ1) is 25.9. The highest BCUT2D eigenvalue weighted by Gasteiger charge is 2.48. The van der Waals surface area contributed by atoms with Gasteiger partial charge in [0.15, 0.2) is 0 Å². The van der Waals surface area contributed by atoms with Crippen molar-refractivity contribution in [3.05, 3.63) is 29.8 Å². The van der Waals surface area contributed by atoms with Gasteiger partial charge in [-0.25, -0.2) is 21.6 Å². The smallest absolute Gasteiger partial charge is 0.240 e. The maximum Gasteiger partial charge on any atom is 0.240 e. The summed E-state index contributed by atoms with van der Waals surface area (Å²) in [5, 5.41) is 0. The minimum Gasteiger partial charge on any atom is -0.341 e. The van der Waals surface area contributed by atoms with Crippen LogP contribution in [-0.2, 0) is 30.3 Å². The molecular weight excluding hydrogens is 464 g/mol. The Hall–Kier alpha value is -1.69. The lowest BCUT2D eigenvalue weighted by molar-refractivity contribution is -0.134. The number of benzene rings is 1. The normalized spacial score (nSPS) is 19.5. The van der Waals surface area contributed by atoms with Crippen LogP contribution in [0.1, 0.15) is 58.4 Å².